The molecule has 1 aliphatic heterocycles. The molecule has 1 fully saturated rings. The maximum atomic E-state index is 5.89. The second-order valence-corrected chi connectivity index (χ2v) is 5.53. The summed E-state index contributed by atoms with van der Waals surface area (Å²) in [5.74, 6) is 1.34. The van der Waals surface area contributed by atoms with Gasteiger partial charge >= 0.3 is 0 Å². The molecule has 2 N–H and O–H groups in total. The highest BCUT2D eigenvalue weighted by molar-refractivity contribution is 5.69. The number of benzene rings is 1. The molecule has 0 bridgehead atoms. The number of rotatable bonds is 3. The van der Waals surface area contributed by atoms with E-state index in [-0.39, 0.29) is 5.54 Å². The maximum absolute atomic E-state index is 5.89. The molecule has 0 spiro atoms. The number of nitrogen functional groups attached to an aromatic ring is 1. The van der Waals surface area contributed by atoms with Gasteiger partial charge in [0.2, 0.25) is 0 Å². The Kier molecular flexibility index (Phi) is 3.50. The van der Waals surface area contributed by atoms with Gasteiger partial charge in [0.25, 0.3) is 0 Å². The number of methoxy groups -OCH3 is 1. The maximum Gasteiger partial charge on any atom is 0.186 e. The summed E-state index contributed by atoms with van der Waals surface area (Å²) in [7, 11) is 1.62. The number of anilines is 1. The molecule has 2 aromatic rings. The Balaban J connectivity index is 2.09. The Morgan fingerprint density at radius 1 is 1.43 bits per heavy atom. The Morgan fingerprint density at radius 2 is 2.29 bits per heavy atom. The third kappa shape index (κ3) is 2.44. The molecule has 21 heavy (non-hydrogen) atoms. The molecule has 1 atom stereocenters. The lowest BCUT2D eigenvalue weighted by molar-refractivity contribution is 0.00346. The van der Waals surface area contributed by atoms with Crippen LogP contribution in [-0.2, 0) is 10.3 Å². The van der Waals surface area contributed by atoms with E-state index >= 15 is 0 Å². The van der Waals surface area contributed by atoms with Gasteiger partial charge in [-0.3, -0.25) is 0 Å². The first kappa shape index (κ1) is 13.8. The minimum absolute atomic E-state index is 0.257. The standard InChI is InChI=1S/C14H19N5O2/c1-14(6-3-7-21-9-14)19-13(16-17-18-19)11-8-10(15)4-5-12(11)20-2/h4-5,8H,3,6-7,9,15H2,1-2H3. The fourth-order valence-corrected chi connectivity index (χ4v) is 2.71. The Labute approximate surface area is 123 Å². The molecule has 1 aliphatic rings. The van der Waals surface area contributed by atoms with Crippen molar-refractivity contribution in [1.29, 1.82) is 0 Å². The Bertz CT molecular complexity index is 634. The topological polar surface area (TPSA) is 88.1 Å². The smallest absolute Gasteiger partial charge is 0.186 e. The van der Waals surface area contributed by atoms with Crippen LogP contribution in [0.25, 0.3) is 11.4 Å². The molecule has 7 nitrogen and oxygen atoms in total. The van der Waals surface area contributed by atoms with Crippen LogP contribution in [0.2, 0.25) is 0 Å². The van der Waals surface area contributed by atoms with Crippen LogP contribution in [0.3, 0.4) is 0 Å². The third-order valence-electron chi connectivity index (χ3n) is 3.86. The fourth-order valence-electron chi connectivity index (χ4n) is 2.71. The minimum atomic E-state index is -0.257. The first-order chi connectivity index (χ1) is 10.1. The lowest BCUT2D eigenvalue weighted by Crippen LogP contribution is -2.40. The predicted octanol–water partition coefficient (Wildman–Crippen LogP) is 1.46. The molecule has 0 amide bonds. The van der Waals surface area contributed by atoms with E-state index in [4.69, 9.17) is 15.2 Å². The quantitative estimate of drug-likeness (QED) is 0.861. The molecule has 1 aromatic heterocycles. The van der Waals surface area contributed by atoms with E-state index in [1.54, 1.807) is 13.2 Å². The van der Waals surface area contributed by atoms with Crippen molar-refractivity contribution in [2.24, 2.45) is 0 Å². The van der Waals surface area contributed by atoms with Gasteiger partial charge in [-0.2, -0.15) is 0 Å². The SMILES string of the molecule is COc1ccc(N)cc1-c1nnnn1C1(C)CCCOC1. The van der Waals surface area contributed by atoms with Crippen LogP contribution < -0.4 is 10.5 Å². The minimum Gasteiger partial charge on any atom is -0.496 e. The van der Waals surface area contributed by atoms with Gasteiger partial charge in [-0.25, -0.2) is 4.68 Å². The van der Waals surface area contributed by atoms with Crippen LogP contribution in [0.5, 0.6) is 5.75 Å². The van der Waals surface area contributed by atoms with Crippen LogP contribution in [0.4, 0.5) is 5.69 Å². The first-order valence-corrected chi connectivity index (χ1v) is 6.94. The number of nitrogens with zero attached hydrogens (tertiary/aromatic N) is 4. The molecule has 2 heterocycles. The third-order valence-corrected chi connectivity index (χ3v) is 3.86. The molecule has 1 saturated heterocycles. The molecule has 1 aromatic carbocycles. The molecule has 0 radical (unpaired) electrons. The van der Waals surface area contributed by atoms with Crippen molar-refractivity contribution < 1.29 is 9.47 Å². The molecule has 3 rings (SSSR count). The second kappa shape index (κ2) is 5.33. The van der Waals surface area contributed by atoms with Crippen LogP contribution in [0.15, 0.2) is 18.2 Å². The lowest BCUT2D eigenvalue weighted by atomic mass is 9.94. The van der Waals surface area contributed by atoms with Gasteiger partial charge in [-0.1, -0.05) is 0 Å². The van der Waals surface area contributed by atoms with Crippen molar-refractivity contribution in [3.8, 4) is 17.1 Å². The average Bonchev–Trinajstić information content (AvgIpc) is 2.98. The van der Waals surface area contributed by atoms with Gasteiger partial charge in [0.05, 0.1) is 24.8 Å². The Morgan fingerprint density at radius 3 is 3.00 bits per heavy atom. The van der Waals surface area contributed by atoms with Gasteiger partial charge in [-0.05, 0) is 48.4 Å². The van der Waals surface area contributed by atoms with Gasteiger partial charge in [0.15, 0.2) is 5.82 Å². The molecule has 0 aliphatic carbocycles. The molecule has 7 heteroatoms. The van der Waals surface area contributed by atoms with Crippen molar-refractivity contribution in [3.05, 3.63) is 18.2 Å². The molecule has 1 unspecified atom stereocenters. The van der Waals surface area contributed by atoms with Gasteiger partial charge < -0.3 is 15.2 Å². The summed E-state index contributed by atoms with van der Waals surface area (Å²) in [4.78, 5) is 0. The van der Waals surface area contributed by atoms with Crippen molar-refractivity contribution in [3.63, 3.8) is 0 Å². The molecule has 112 valence electrons. The Hall–Kier alpha value is -2.15. The largest absolute Gasteiger partial charge is 0.496 e. The van der Waals surface area contributed by atoms with Crippen molar-refractivity contribution in [2.45, 2.75) is 25.3 Å². The van der Waals surface area contributed by atoms with Gasteiger partial charge in [0, 0.05) is 12.3 Å². The summed E-state index contributed by atoms with van der Waals surface area (Å²) in [6.07, 6.45) is 1.96. The predicted molar refractivity (Wildman–Crippen MR) is 77.9 cm³/mol. The summed E-state index contributed by atoms with van der Waals surface area (Å²) in [6.45, 7) is 3.48. The van der Waals surface area contributed by atoms with Crippen LogP contribution in [0, 0.1) is 0 Å². The fraction of sp³-hybridized carbons (Fsp3) is 0.500. The summed E-state index contributed by atoms with van der Waals surface area (Å²) in [5.41, 5.74) is 7.06. The number of ether oxygens (including phenoxy) is 2. The van der Waals surface area contributed by atoms with Crippen LogP contribution in [0.1, 0.15) is 19.8 Å². The number of nitrogens with two attached hydrogens (primary N) is 1. The van der Waals surface area contributed by atoms with E-state index in [0.717, 1.165) is 25.0 Å². The zero-order valence-electron chi connectivity index (χ0n) is 12.2. The zero-order chi connectivity index (χ0) is 14.9. The summed E-state index contributed by atoms with van der Waals surface area (Å²) in [5, 5.41) is 12.2. The van der Waals surface area contributed by atoms with E-state index in [2.05, 4.69) is 22.4 Å². The molecular formula is C14H19N5O2. The average molecular weight is 289 g/mol. The van der Waals surface area contributed by atoms with Crippen molar-refractivity contribution in [1.82, 2.24) is 20.2 Å². The monoisotopic (exact) mass is 289 g/mol. The van der Waals surface area contributed by atoms with Crippen LogP contribution >= 0.6 is 0 Å². The van der Waals surface area contributed by atoms with Gasteiger partial charge in [0.1, 0.15) is 5.75 Å². The first-order valence-electron chi connectivity index (χ1n) is 6.94. The van der Waals surface area contributed by atoms with E-state index < -0.39 is 0 Å². The number of tetrazole rings is 1. The zero-order valence-corrected chi connectivity index (χ0v) is 12.2. The van der Waals surface area contributed by atoms with Gasteiger partial charge in [-0.15, -0.1) is 5.10 Å². The van der Waals surface area contributed by atoms with E-state index in [1.807, 2.05) is 16.8 Å². The highest BCUT2D eigenvalue weighted by atomic mass is 16.5. The van der Waals surface area contributed by atoms with Crippen LogP contribution in [-0.4, -0.2) is 40.5 Å². The van der Waals surface area contributed by atoms with Crippen molar-refractivity contribution in [2.75, 3.05) is 26.1 Å². The van der Waals surface area contributed by atoms with E-state index in [9.17, 15) is 0 Å². The summed E-state index contributed by atoms with van der Waals surface area (Å²) < 4.78 is 12.8. The van der Waals surface area contributed by atoms with Crippen molar-refractivity contribution >= 4 is 5.69 Å². The number of aromatic nitrogens is 4. The summed E-state index contributed by atoms with van der Waals surface area (Å²) in [6, 6.07) is 5.44. The number of hydrogen-bond donors (Lipinski definition) is 1. The summed E-state index contributed by atoms with van der Waals surface area (Å²) >= 11 is 0. The normalized spacial score (nSPS) is 22.2. The lowest BCUT2D eigenvalue weighted by Gasteiger charge is -2.33. The highest BCUT2D eigenvalue weighted by Crippen LogP contribution is 2.34. The molecular weight excluding hydrogens is 270 g/mol. The second-order valence-electron chi connectivity index (χ2n) is 5.53. The molecule has 0 saturated carbocycles. The number of hydrogen-bond acceptors (Lipinski definition) is 6. The van der Waals surface area contributed by atoms with E-state index in [1.165, 1.54) is 0 Å². The highest BCUT2D eigenvalue weighted by Gasteiger charge is 2.34. The van der Waals surface area contributed by atoms with E-state index in [0.29, 0.717) is 23.9 Å².